The SMILES string of the molecule is O=C(c1ccccc1)n1nc(I)c2ccccc21. The Morgan fingerprint density at radius 2 is 1.67 bits per heavy atom. The first-order valence-corrected chi connectivity index (χ1v) is 6.58. The molecule has 0 N–H and O–H groups in total. The van der Waals surface area contributed by atoms with E-state index in [9.17, 15) is 4.79 Å². The van der Waals surface area contributed by atoms with Crippen molar-refractivity contribution in [3.8, 4) is 0 Å². The van der Waals surface area contributed by atoms with Gasteiger partial charge >= 0.3 is 0 Å². The first-order chi connectivity index (χ1) is 8.77. The van der Waals surface area contributed by atoms with E-state index in [4.69, 9.17) is 0 Å². The maximum atomic E-state index is 12.4. The van der Waals surface area contributed by atoms with Gasteiger partial charge < -0.3 is 0 Å². The Hall–Kier alpha value is -1.69. The van der Waals surface area contributed by atoms with E-state index in [-0.39, 0.29) is 5.91 Å². The van der Waals surface area contributed by atoms with Crippen LogP contribution in [0.15, 0.2) is 54.6 Å². The number of hydrogen-bond acceptors (Lipinski definition) is 2. The highest BCUT2D eigenvalue weighted by Crippen LogP contribution is 2.20. The highest BCUT2D eigenvalue weighted by Gasteiger charge is 2.14. The summed E-state index contributed by atoms with van der Waals surface area (Å²) in [5, 5.41) is 5.32. The smallest absolute Gasteiger partial charge is 0.267 e. The minimum atomic E-state index is -0.102. The molecule has 1 heterocycles. The molecule has 0 atom stereocenters. The molecule has 0 amide bonds. The summed E-state index contributed by atoms with van der Waals surface area (Å²) in [5.74, 6) is -0.102. The van der Waals surface area contributed by atoms with Crippen LogP contribution in [0.3, 0.4) is 0 Å². The number of halogens is 1. The molecule has 0 unspecified atom stereocenters. The molecule has 0 spiro atoms. The van der Waals surface area contributed by atoms with Crippen LogP contribution in [0.2, 0.25) is 0 Å². The minimum absolute atomic E-state index is 0.102. The summed E-state index contributed by atoms with van der Waals surface area (Å²) < 4.78 is 2.30. The summed E-state index contributed by atoms with van der Waals surface area (Å²) in [7, 11) is 0. The van der Waals surface area contributed by atoms with Crippen LogP contribution in [0.4, 0.5) is 0 Å². The lowest BCUT2D eigenvalue weighted by molar-refractivity contribution is 0.0950. The van der Waals surface area contributed by atoms with Crippen LogP contribution in [0.5, 0.6) is 0 Å². The van der Waals surface area contributed by atoms with Crippen LogP contribution in [0.1, 0.15) is 10.4 Å². The van der Waals surface area contributed by atoms with Crippen molar-refractivity contribution >= 4 is 39.4 Å². The van der Waals surface area contributed by atoms with Crippen LogP contribution in [0, 0.1) is 3.70 Å². The fraction of sp³-hybridized carbons (Fsp3) is 0. The molecule has 0 aliphatic heterocycles. The predicted molar refractivity (Wildman–Crippen MR) is 78.6 cm³/mol. The zero-order valence-electron chi connectivity index (χ0n) is 9.38. The fourth-order valence-electron chi connectivity index (χ4n) is 1.89. The Bertz CT molecular complexity index is 719. The topological polar surface area (TPSA) is 34.9 Å². The third-order valence-corrected chi connectivity index (χ3v) is 3.55. The zero-order chi connectivity index (χ0) is 12.5. The number of nitrogens with zero attached hydrogens (tertiary/aromatic N) is 2. The van der Waals surface area contributed by atoms with Gasteiger partial charge in [0.15, 0.2) is 0 Å². The van der Waals surface area contributed by atoms with Gasteiger partial charge in [-0.05, 0) is 40.8 Å². The summed E-state index contributed by atoms with van der Waals surface area (Å²) in [5.41, 5.74) is 1.48. The lowest BCUT2D eigenvalue weighted by atomic mass is 10.2. The van der Waals surface area contributed by atoms with Crippen molar-refractivity contribution in [2.45, 2.75) is 0 Å². The largest absolute Gasteiger partial charge is 0.278 e. The van der Waals surface area contributed by atoms with Gasteiger partial charge in [-0.3, -0.25) is 4.79 Å². The number of aromatic nitrogens is 2. The van der Waals surface area contributed by atoms with Gasteiger partial charge in [0.2, 0.25) is 0 Å². The monoisotopic (exact) mass is 348 g/mol. The molecule has 3 aromatic rings. The van der Waals surface area contributed by atoms with E-state index in [1.54, 1.807) is 12.1 Å². The van der Waals surface area contributed by atoms with Crippen molar-refractivity contribution in [2.24, 2.45) is 0 Å². The van der Waals surface area contributed by atoms with E-state index < -0.39 is 0 Å². The molecular weight excluding hydrogens is 339 g/mol. The van der Waals surface area contributed by atoms with Gasteiger partial charge in [0, 0.05) is 10.9 Å². The van der Waals surface area contributed by atoms with Gasteiger partial charge in [-0.25, -0.2) is 0 Å². The highest BCUT2D eigenvalue weighted by atomic mass is 127. The summed E-state index contributed by atoms with van der Waals surface area (Å²) in [6.07, 6.45) is 0. The van der Waals surface area contributed by atoms with E-state index >= 15 is 0 Å². The third-order valence-electron chi connectivity index (χ3n) is 2.76. The molecule has 1 aromatic heterocycles. The minimum Gasteiger partial charge on any atom is -0.267 e. The summed E-state index contributed by atoms with van der Waals surface area (Å²) in [4.78, 5) is 12.4. The molecule has 3 nitrogen and oxygen atoms in total. The van der Waals surface area contributed by atoms with Crippen molar-refractivity contribution < 1.29 is 4.79 Å². The second kappa shape index (κ2) is 4.53. The Balaban J connectivity index is 2.19. The molecule has 0 bridgehead atoms. The molecule has 0 aliphatic rings. The number of para-hydroxylation sites is 1. The van der Waals surface area contributed by atoms with Crippen LogP contribution < -0.4 is 0 Å². The fourth-order valence-corrected chi connectivity index (χ4v) is 2.56. The Morgan fingerprint density at radius 3 is 2.44 bits per heavy atom. The van der Waals surface area contributed by atoms with E-state index in [1.165, 1.54) is 4.68 Å². The van der Waals surface area contributed by atoms with Gasteiger partial charge in [0.1, 0.15) is 3.70 Å². The van der Waals surface area contributed by atoms with Crippen molar-refractivity contribution in [1.82, 2.24) is 9.78 Å². The summed E-state index contributed by atoms with van der Waals surface area (Å²) in [6, 6.07) is 16.9. The number of carbonyl (C=O) groups excluding carboxylic acids is 1. The van der Waals surface area contributed by atoms with Crippen LogP contribution in [-0.4, -0.2) is 15.7 Å². The third kappa shape index (κ3) is 1.82. The van der Waals surface area contributed by atoms with Gasteiger partial charge in [-0.1, -0.05) is 36.4 Å². The number of hydrogen-bond donors (Lipinski definition) is 0. The molecule has 0 saturated carbocycles. The summed E-state index contributed by atoms with van der Waals surface area (Å²) in [6.45, 7) is 0. The van der Waals surface area contributed by atoms with E-state index in [1.807, 2.05) is 42.5 Å². The second-order valence-electron chi connectivity index (χ2n) is 3.89. The molecule has 0 saturated heterocycles. The molecule has 4 heteroatoms. The van der Waals surface area contributed by atoms with Crippen molar-refractivity contribution in [2.75, 3.05) is 0 Å². The lowest BCUT2D eigenvalue weighted by Crippen LogP contribution is -2.13. The molecule has 2 aromatic carbocycles. The van der Waals surface area contributed by atoms with Crippen LogP contribution >= 0.6 is 22.6 Å². The molecule has 0 fully saturated rings. The number of rotatable bonds is 1. The van der Waals surface area contributed by atoms with Gasteiger partial charge in [-0.2, -0.15) is 9.78 Å². The van der Waals surface area contributed by atoms with E-state index in [0.29, 0.717) is 5.56 Å². The molecule has 88 valence electrons. The average Bonchev–Trinajstić information content (AvgIpc) is 2.77. The van der Waals surface area contributed by atoms with E-state index in [0.717, 1.165) is 14.6 Å². The number of benzene rings is 2. The summed E-state index contributed by atoms with van der Waals surface area (Å²) >= 11 is 2.15. The predicted octanol–water partition coefficient (Wildman–Crippen LogP) is 3.33. The standard InChI is InChI=1S/C14H9IN2O/c15-13-11-8-4-5-9-12(11)17(16-13)14(18)10-6-2-1-3-7-10/h1-9H. The zero-order valence-corrected chi connectivity index (χ0v) is 11.5. The molecule has 0 radical (unpaired) electrons. The quantitative estimate of drug-likeness (QED) is 0.633. The van der Waals surface area contributed by atoms with Gasteiger partial charge in [0.05, 0.1) is 5.52 Å². The van der Waals surface area contributed by atoms with Gasteiger partial charge in [-0.15, -0.1) is 0 Å². The highest BCUT2D eigenvalue weighted by molar-refractivity contribution is 14.1. The maximum absolute atomic E-state index is 12.4. The van der Waals surface area contributed by atoms with Crippen molar-refractivity contribution in [3.05, 3.63) is 63.9 Å². The molecule has 18 heavy (non-hydrogen) atoms. The van der Waals surface area contributed by atoms with Crippen LogP contribution in [-0.2, 0) is 0 Å². The lowest BCUT2D eigenvalue weighted by Gasteiger charge is -2.01. The average molecular weight is 348 g/mol. The first kappa shape index (κ1) is 11.4. The van der Waals surface area contributed by atoms with E-state index in [2.05, 4.69) is 27.7 Å². The maximum Gasteiger partial charge on any atom is 0.278 e. The molecule has 0 aliphatic carbocycles. The Labute approximate surface area is 118 Å². The van der Waals surface area contributed by atoms with Crippen molar-refractivity contribution in [3.63, 3.8) is 0 Å². The number of carbonyl (C=O) groups is 1. The molecular formula is C14H9IN2O. The first-order valence-electron chi connectivity index (χ1n) is 5.50. The Morgan fingerprint density at radius 1 is 1.00 bits per heavy atom. The van der Waals surface area contributed by atoms with Crippen LogP contribution in [0.25, 0.3) is 10.9 Å². The number of fused-ring (bicyclic) bond motifs is 1. The second-order valence-corrected chi connectivity index (χ2v) is 4.91. The van der Waals surface area contributed by atoms with Gasteiger partial charge in [0.25, 0.3) is 5.91 Å². The molecule has 3 rings (SSSR count). The Kier molecular flexibility index (Phi) is 2.87. The van der Waals surface area contributed by atoms with Crippen molar-refractivity contribution in [1.29, 1.82) is 0 Å². The normalized spacial score (nSPS) is 10.7.